The molecule has 0 amide bonds. The van der Waals surface area contributed by atoms with Gasteiger partial charge in [-0.1, -0.05) is 29.8 Å². The van der Waals surface area contributed by atoms with Gasteiger partial charge in [0, 0.05) is 17.3 Å². The number of anilines is 1. The number of primary sulfonamides is 1. The smallest absolute Gasteiger partial charge is 0.238 e. The molecule has 0 atom stereocenters. The van der Waals surface area contributed by atoms with E-state index in [-0.39, 0.29) is 4.90 Å². The summed E-state index contributed by atoms with van der Waals surface area (Å²) in [5.41, 5.74) is 2.72. The number of halogens is 1. The molecule has 0 aliphatic rings. The second-order valence-corrected chi connectivity index (χ2v) is 6.48. The number of hydrogen-bond donors (Lipinski definition) is 2. The minimum atomic E-state index is -3.68. The Bertz CT molecular complexity index is 730. The van der Waals surface area contributed by atoms with Crippen LogP contribution in [0.1, 0.15) is 11.1 Å². The standard InChI is InChI=1S/C14H15ClN2O2S/c1-10-5-6-11(7-14(10)15)9-17-12-3-2-4-13(8-12)20(16,18)19/h2-8,17H,9H2,1H3,(H2,16,18,19). The maximum atomic E-state index is 11.3. The van der Waals surface area contributed by atoms with Crippen molar-refractivity contribution in [3.63, 3.8) is 0 Å². The Morgan fingerprint density at radius 2 is 1.95 bits per heavy atom. The third-order valence-corrected chi connectivity index (χ3v) is 4.21. The fourth-order valence-electron chi connectivity index (χ4n) is 1.73. The van der Waals surface area contributed by atoms with Crippen LogP contribution in [-0.4, -0.2) is 8.42 Å². The Morgan fingerprint density at radius 3 is 2.60 bits per heavy atom. The Labute approximate surface area is 123 Å². The fraction of sp³-hybridized carbons (Fsp3) is 0.143. The molecule has 106 valence electrons. The third kappa shape index (κ3) is 3.72. The van der Waals surface area contributed by atoms with Gasteiger partial charge in [-0.2, -0.15) is 0 Å². The number of aryl methyl sites for hydroxylation is 1. The van der Waals surface area contributed by atoms with Crippen LogP contribution in [0.3, 0.4) is 0 Å². The first-order valence-corrected chi connectivity index (χ1v) is 7.90. The van der Waals surface area contributed by atoms with Gasteiger partial charge in [0.1, 0.15) is 0 Å². The lowest BCUT2D eigenvalue weighted by Crippen LogP contribution is -2.12. The van der Waals surface area contributed by atoms with Crippen molar-refractivity contribution in [1.82, 2.24) is 0 Å². The number of nitrogens with one attached hydrogen (secondary N) is 1. The highest BCUT2D eigenvalue weighted by Gasteiger charge is 2.07. The van der Waals surface area contributed by atoms with E-state index in [9.17, 15) is 8.42 Å². The molecule has 0 fully saturated rings. The highest BCUT2D eigenvalue weighted by atomic mass is 35.5. The van der Waals surface area contributed by atoms with E-state index in [0.717, 1.165) is 11.1 Å². The van der Waals surface area contributed by atoms with E-state index in [0.29, 0.717) is 17.3 Å². The maximum absolute atomic E-state index is 11.3. The minimum Gasteiger partial charge on any atom is -0.381 e. The van der Waals surface area contributed by atoms with E-state index < -0.39 is 10.0 Å². The maximum Gasteiger partial charge on any atom is 0.238 e. The molecule has 2 rings (SSSR count). The van der Waals surface area contributed by atoms with E-state index in [1.165, 1.54) is 12.1 Å². The largest absolute Gasteiger partial charge is 0.381 e. The number of sulfonamides is 1. The normalized spacial score (nSPS) is 11.3. The van der Waals surface area contributed by atoms with Gasteiger partial charge in [-0.3, -0.25) is 0 Å². The third-order valence-electron chi connectivity index (χ3n) is 2.90. The van der Waals surface area contributed by atoms with Crippen LogP contribution in [0.5, 0.6) is 0 Å². The first-order valence-electron chi connectivity index (χ1n) is 5.98. The Kier molecular flexibility index (Phi) is 4.32. The van der Waals surface area contributed by atoms with Gasteiger partial charge < -0.3 is 5.32 Å². The van der Waals surface area contributed by atoms with E-state index in [1.807, 2.05) is 25.1 Å². The summed E-state index contributed by atoms with van der Waals surface area (Å²) in [5.74, 6) is 0. The topological polar surface area (TPSA) is 72.2 Å². The first kappa shape index (κ1) is 14.8. The molecule has 0 aromatic heterocycles. The van der Waals surface area contributed by atoms with Crippen molar-refractivity contribution in [2.75, 3.05) is 5.32 Å². The predicted octanol–water partition coefficient (Wildman–Crippen LogP) is 2.91. The van der Waals surface area contributed by atoms with Gasteiger partial charge in [-0.25, -0.2) is 13.6 Å². The number of rotatable bonds is 4. The molecule has 0 saturated carbocycles. The van der Waals surface area contributed by atoms with Crippen LogP contribution in [0.2, 0.25) is 5.02 Å². The predicted molar refractivity (Wildman–Crippen MR) is 81.3 cm³/mol. The van der Waals surface area contributed by atoms with E-state index in [1.54, 1.807) is 12.1 Å². The van der Waals surface area contributed by atoms with Crippen molar-refractivity contribution in [3.05, 3.63) is 58.6 Å². The highest BCUT2D eigenvalue weighted by molar-refractivity contribution is 7.89. The van der Waals surface area contributed by atoms with Gasteiger partial charge in [-0.15, -0.1) is 0 Å². The van der Waals surface area contributed by atoms with Crippen LogP contribution in [0, 0.1) is 6.92 Å². The van der Waals surface area contributed by atoms with Crippen LogP contribution < -0.4 is 10.5 Å². The van der Waals surface area contributed by atoms with Gasteiger partial charge in [-0.05, 0) is 42.3 Å². The molecule has 6 heteroatoms. The molecule has 20 heavy (non-hydrogen) atoms. The van der Waals surface area contributed by atoms with E-state index >= 15 is 0 Å². The van der Waals surface area contributed by atoms with Crippen molar-refractivity contribution < 1.29 is 8.42 Å². The minimum absolute atomic E-state index is 0.0874. The second kappa shape index (κ2) is 5.83. The molecule has 0 spiro atoms. The summed E-state index contributed by atoms with van der Waals surface area (Å²) in [5, 5.41) is 8.95. The Hall–Kier alpha value is -1.56. The molecule has 0 radical (unpaired) electrons. The van der Waals surface area contributed by atoms with Crippen LogP contribution >= 0.6 is 11.6 Å². The molecule has 2 aromatic rings. The molecule has 0 aliphatic heterocycles. The average molecular weight is 311 g/mol. The summed E-state index contributed by atoms with van der Waals surface area (Å²) in [6.45, 7) is 2.49. The molecular weight excluding hydrogens is 296 g/mol. The molecule has 3 N–H and O–H groups in total. The lowest BCUT2D eigenvalue weighted by Gasteiger charge is -2.09. The van der Waals surface area contributed by atoms with Crippen LogP contribution in [0.15, 0.2) is 47.4 Å². The number of hydrogen-bond acceptors (Lipinski definition) is 3. The summed E-state index contributed by atoms with van der Waals surface area (Å²) in [6.07, 6.45) is 0. The quantitative estimate of drug-likeness (QED) is 0.912. The van der Waals surface area contributed by atoms with Crippen LogP contribution in [-0.2, 0) is 16.6 Å². The van der Waals surface area contributed by atoms with Crippen molar-refractivity contribution in [1.29, 1.82) is 0 Å². The molecular formula is C14H15ClN2O2S. The SMILES string of the molecule is Cc1ccc(CNc2cccc(S(N)(=O)=O)c2)cc1Cl. The molecule has 0 heterocycles. The van der Waals surface area contributed by atoms with Gasteiger partial charge in [0.05, 0.1) is 4.90 Å². The van der Waals surface area contributed by atoms with Gasteiger partial charge in [0.25, 0.3) is 0 Å². The lowest BCUT2D eigenvalue weighted by molar-refractivity contribution is 0.598. The fourth-order valence-corrected chi connectivity index (χ4v) is 2.50. The van der Waals surface area contributed by atoms with Crippen molar-refractivity contribution in [3.8, 4) is 0 Å². The molecule has 2 aromatic carbocycles. The van der Waals surface area contributed by atoms with Gasteiger partial charge >= 0.3 is 0 Å². The number of benzene rings is 2. The summed E-state index contributed by atoms with van der Waals surface area (Å²) < 4.78 is 22.5. The van der Waals surface area contributed by atoms with Crippen molar-refractivity contribution >= 4 is 27.3 Å². The second-order valence-electron chi connectivity index (χ2n) is 4.51. The van der Waals surface area contributed by atoms with Crippen LogP contribution in [0.25, 0.3) is 0 Å². The average Bonchev–Trinajstić information content (AvgIpc) is 2.39. The molecule has 0 unspecified atom stereocenters. The van der Waals surface area contributed by atoms with E-state index in [2.05, 4.69) is 5.32 Å². The van der Waals surface area contributed by atoms with Gasteiger partial charge in [0.2, 0.25) is 10.0 Å². The lowest BCUT2D eigenvalue weighted by atomic mass is 10.1. The Balaban J connectivity index is 2.13. The zero-order chi connectivity index (χ0) is 14.8. The summed E-state index contributed by atoms with van der Waals surface area (Å²) in [6, 6.07) is 12.2. The summed E-state index contributed by atoms with van der Waals surface area (Å²) in [7, 11) is -3.68. The van der Waals surface area contributed by atoms with E-state index in [4.69, 9.17) is 16.7 Å². The zero-order valence-corrected chi connectivity index (χ0v) is 12.5. The molecule has 0 bridgehead atoms. The first-order chi connectivity index (χ1) is 9.36. The summed E-state index contributed by atoms with van der Waals surface area (Å²) >= 11 is 6.06. The zero-order valence-electron chi connectivity index (χ0n) is 10.9. The van der Waals surface area contributed by atoms with Crippen molar-refractivity contribution in [2.24, 2.45) is 5.14 Å². The van der Waals surface area contributed by atoms with Crippen LogP contribution in [0.4, 0.5) is 5.69 Å². The molecule has 0 aliphatic carbocycles. The molecule has 0 saturated heterocycles. The monoisotopic (exact) mass is 310 g/mol. The molecule has 4 nitrogen and oxygen atoms in total. The Morgan fingerprint density at radius 1 is 1.20 bits per heavy atom. The van der Waals surface area contributed by atoms with Crippen molar-refractivity contribution in [2.45, 2.75) is 18.4 Å². The highest BCUT2D eigenvalue weighted by Crippen LogP contribution is 2.19. The van der Waals surface area contributed by atoms with Gasteiger partial charge in [0.15, 0.2) is 0 Å². The number of nitrogens with two attached hydrogens (primary N) is 1. The summed E-state index contributed by atoms with van der Waals surface area (Å²) in [4.78, 5) is 0.0874.